The molecule has 0 spiro atoms. The largest absolute Gasteiger partial charge is 0.496 e. The molecule has 0 amide bonds. The fourth-order valence-electron chi connectivity index (χ4n) is 2.60. The lowest BCUT2D eigenvalue weighted by Gasteiger charge is -2.16. The minimum atomic E-state index is 0.436. The second-order valence-electron chi connectivity index (χ2n) is 5.61. The highest BCUT2D eigenvalue weighted by molar-refractivity contribution is 5.33. The van der Waals surface area contributed by atoms with Gasteiger partial charge in [0.25, 0.3) is 0 Å². The third-order valence-electron chi connectivity index (χ3n) is 3.71. The molecule has 2 aromatic carbocycles. The summed E-state index contributed by atoms with van der Waals surface area (Å²) in [4.78, 5) is 0. The van der Waals surface area contributed by atoms with Crippen LogP contribution in [0.3, 0.4) is 0 Å². The second kappa shape index (κ2) is 7.84. The molecule has 0 saturated carbocycles. The van der Waals surface area contributed by atoms with Gasteiger partial charge in [0.1, 0.15) is 5.75 Å². The Labute approximate surface area is 128 Å². The van der Waals surface area contributed by atoms with Crippen LogP contribution < -0.4 is 10.1 Å². The number of ether oxygens (including phenoxy) is 1. The molecule has 2 nitrogen and oxygen atoms in total. The van der Waals surface area contributed by atoms with Crippen molar-refractivity contribution >= 4 is 0 Å². The highest BCUT2D eigenvalue weighted by Crippen LogP contribution is 2.18. The third-order valence-corrected chi connectivity index (χ3v) is 3.71. The summed E-state index contributed by atoms with van der Waals surface area (Å²) in [6.45, 7) is 5.36. The molecule has 0 aliphatic rings. The van der Waals surface area contributed by atoms with Crippen LogP contribution in [-0.4, -0.2) is 19.7 Å². The smallest absolute Gasteiger partial charge is 0.122 e. The summed E-state index contributed by atoms with van der Waals surface area (Å²) in [5.41, 5.74) is 3.98. The Morgan fingerprint density at radius 2 is 1.90 bits per heavy atom. The average Bonchev–Trinajstić information content (AvgIpc) is 2.48. The molecule has 1 atom stereocenters. The summed E-state index contributed by atoms with van der Waals surface area (Å²) < 4.78 is 5.41. The van der Waals surface area contributed by atoms with Gasteiger partial charge in [-0.15, -0.1) is 0 Å². The van der Waals surface area contributed by atoms with Gasteiger partial charge in [-0.1, -0.05) is 48.0 Å². The molecule has 0 aliphatic heterocycles. The number of benzene rings is 2. The van der Waals surface area contributed by atoms with E-state index in [-0.39, 0.29) is 0 Å². The van der Waals surface area contributed by atoms with E-state index in [0.717, 1.165) is 25.1 Å². The van der Waals surface area contributed by atoms with Gasteiger partial charge in [-0.25, -0.2) is 0 Å². The highest BCUT2D eigenvalue weighted by atomic mass is 16.5. The fourth-order valence-corrected chi connectivity index (χ4v) is 2.60. The zero-order valence-corrected chi connectivity index (χ0v) is 13.2. The van der Waals surface area contributed by atoms with E-state index in [9.17, 15) is 0 Å². The van der Waals surface area contributed by atoms with Gasteiger partial charge in [-0.2, -0.15) is 0 Å². The van der Waals surface area contributed by atoms with Crippen molar-refractivity contribution in [2.75, 3.05) is 13.7 Å². The summed E-state index contributed by atoms with van der Waals surface area (Å²) in [6, 6.07) is 17.4. The van der Waals surface area contributed by atoms with E-state index in [1.807, 2.05) is 12.1 Å². The van der Waals surface area contributed by atoms with Crippen LogP contribution in [0.15, 0.2) is 48.5 Å². The summed E-state index contributed by atoms with van der Waals surface area (Å²) in [6.07, 6.45) is 2.05. The van der Waals surface area contributed by atoms with Crippen molar-refractivity contribution in [3.8, 4) is 5.75 Å². The Morgan fingerprint density at radius 1 is 1.10 bits per heavy atom. The number of hydrogen-bond acceptors (Lipinski definition) is 2. The molecule has 0 radical (unpaired) electrons. The predicted octanol–water partition coefficient (Wildman–Crippen LogP) is 3.77. The summed E-state index contributed by atoms with van der Waals surface area (Å²) in [5, 5.41) is 3.59. The van der Waals surface area contributed by atoms with Crippen LogP contribution >= 0.6 is 0 Å². The first-order chi connectivity index (χ1) is 10.2. The van der Waals surface area contributed by atoms with Crippen molar-refractivity contribution in [1.82, 2.24) is 5.32 Å². The minimum absolute atomic E-state index is 0.436. The first kappa shape index (κ1) is 15.6. The Balaban J connectivity index is 1.81. The van der Waals surface area contributed by atoms with E-state index >= 15 is 0 Å². The molecule has 1 N–H and O–H groups in total. The standard InChI is InChI=1S/C19H25NO/c1-15-7-6-8-17(13-15)11-12-20-16(2)14-18-9-4-5-10-19(18)21-3/h4-10,13,16,20H,11-12,14H2,1-3H3. The van der Waals surface area contributed by atoms with Gasteiger partial charge >= 0.3 is 0 Å². The molecule has 0 bridgehead atoms. The Kier molecular flexibility index (Phi) is 5.82. The van der Waals surface area contributed by atoms with Crippen molar-refractivity contribution < 1.29 is 4.74 Å². The van der Waals surface area contributed by atoms with E-state index in [2.05, 4.69) is 55.6 Å². The van der Waals surface area contributed by atoms with Crippen LogP contribution in [0.2, 0.25) is 0 Å². The molecule has 0 saturated heterocycles. The number of nitrogens with one attached hydrogen (secondary N) is 1. The number of para-hydroxylation sites is 1. The maximum Gasteiger partial charge on any atom is 0.122 e. The third kappa shape index (κ3) is 4.91. The van der Waals surface area contributed by atoms with Crippen LogP contribution in [0.4, 0.5) is 0 Å². The van der Waals surface area contributed by atoms with E-state index in [0.29, 0.717) is 6.04 Å². The zero-order chi connectivity index (χ0) is 15.1. The van der Waals surface area contributed by atoms with Gasteiger partial charge in [0, 0.05) is 6.04 Å². The molecule has 21 heavy (non-hydrogen) atoms. The van der Waals surface area contributed by atoms with E-state index in [4.69, 9.17) is 4.74 Å². The summed E-state index contributed by atoms with van der Waals surface area (Å²) in [5.74, 6) is 0.977. The number of methoxy groups -OCH3 is 1. The number of rotatable bonds is 7. The maximum absolute atomic E-state index is 5.41. The molecule has 1 unspecified atom stereocenters. The number of hydrogen-bond donors (Lipinski definition) is 1. The van der Waals surface area contributed by atoms with Gasteiger partial charge < -0.3 is 10.1 Å². The van der Waals surface area contributed by atoms with Gasteiger partial charge in [-0.05, 0) is 50.4 Å². The van der Waals surface area contributed by atoms with Crippen molar-refractivity contribution in [3.63, 3.8) is 0 Å². The van der Waals surface area contributed by atoms with Gasteiger partial charge in [0.05, 0.1) is 7.11 Å². The molecule has 112 valence electrons. The van der Waals surface area contributed by atoms with Crippen LogP contribution in [0.25, 0.3) is 0 Å². The second-order valence-corrected chi connectivity index (χ2v) is 5.61. The normalized spacial score (nSPS) is 12.1. The molecular formula is C19H25NO. The van der Waals surface area contributed by atoms with Gasteiger partial charge in [0.2, 0.25) is 0 Å². The van der Waals surface area contributed by atoms with Gasteiger partial charge in [0.15, 0.2) is 0 Å². The van der Waals surface area contributed by atoms with Crippen molar-refractivity contribution in [2.24, 2.45) is 0 Å². The lowest BCUT2D eigenvalue weighted by atomic mass is 10.1. The molecule has 2 aromatic rings. The van der Waals surface area contributed by atoms with Crippen molar-refractivity contribution in [1.29, 1.82) is 0 Å². The topological polar surface area (TPSA) is 21.3 Å². The highest BCUT2D eigenvalue weighted by Gasteiger charge is 2.07. The molecule has 2 rings (SSSR count). The maximum atomic E-state index is 5.41. The SMILES string of the molecule is COc1ccccc1CC(C)NCCc1cccc(C)c1. The predicted molar refractivity (Wildman–Crippen MR) is 89.0 cm³/mol. The molecule has 0 fully saturated rings. The van der Waals surface area contributed by atoms with E-state index in [1.165, 1.54) is 16.7 Å². The van der Waals surface area contributed by atoms with Crippen LogP contribution in [-0.2, 0) is 12.8 Å². The van der Waals surface area contributed by atoms with Crippen LogP contribution in [0.5, 0.6) is 5.75 Å². The minimum Gasteiger partial charge on any atom is -0.496 e. The molecule has 0 heterocycles. The first-order valence-corrected chi connectivity index (χ1v) is 7.60. The zero-order valence-electron chi connectivity index (χ0n) is 13.2. The fraction of sp³-hybridized carbons (Fsp3) is 0.368. The first-order valence-electron chi connectivity index (χ1n) is 7.60. The Morgan fingerprint density at radius 3 is 2.67 bits per heavy atom. The average molecular weight is 283 g/mol. The van der Waals surface area contributed by atoms with Crippen molar-refractivity contribution in [2.45, 2.75) is 32.7 Å². The van der Waals surface area contributed by atoms with E-state index in [1.54, 1.807) is 7.11 Å². The lowest BCUT2D eigenvalue weighted by molar-refractivity contribution is 0.406. The summed E-state index contributed by atoms with van der Waals surface area (Å²) >= 11 is 0. The van der Waals surface area contributed by atoms with Crippen molar-refractivity contribution in [3.05, 3.63) is 65.2 Å². The summed E-state index contributed by atoms with van der Waals surface area (Å²) in [7, 11) is 1.73. The Hall–Kier alpha value is -1.80. The molecule has 2 heteroatoms. The van der Waals surface area contributed by atoms with Crippen LogP contribution in [0.1, 0.15) is 23.6 Å². The van der Waals surface area contributed by atoms with Crippen LogP contribution in [0, 0.1) is 6.92 Å². The molecular weight excluding hydrogens is 258 g/mol. The quantitative estimate of drug-likeness (QED) is 0.835. The number of aryl methyl sites for hydroxylation is 1. The van der Waals surface area contributed by atoms with Gasteiger partial charge in [-0.3, -0.25) is 0 Å². The monoisotopic (exact) mass is 283 g/mol. The molecule has 0 aliphatic carbocycles. The Bertz CT molecular complexity index is 565. The lowest BCUT2D eigenvalue weighted by Crippen LogP contribution is -2.30. The molecule has 0 aromatic heterocycles. The van der Waals surface area contributed by atoms with E-state index < -0.39 is 0 Å².